The monoisotopic (exact) mass is 434 g/mol. The number of anilines is 1. The first-order chi connectivity index (χ1) is 15.2. The van der Waals surface area contributed by atoms with Crippen molar-refractivity contribution in [2.75, 3.05) is 11.4 Å². The zero-order chi connectivity index (χ0) is 21.1. The first-order valence-corrected chi connectivity index (χ1v) is 10.8. The van der Waals surface area contributed by atoms with Gasteiger partial charge in [-0.15, -0.1) is 0 Å². The quantitative estimate of drug-likeness (QED) is 0.529. The van der Waals surface area contributed by atoms with Crippen LogP contribution in [-0.4, -0.2) is 35.7 Å². The molecule has 9 nitrogen and oxygen atoms in total. The molecule has 4 aromatic heterocycles. The number of nitrogens with zero attached hydrogens (tertiary/aromatic N) is 7. The van der Waals surface area contributed by atoms with E-state index in [1.165, 1.54) is 6.33 Å². The van der Waals surface area contributed by atoms with Crippen LogP contribution < -0.4 is 10.5 Å². The molecule has 156 valence electrons. The van der Waals surface area contributed by atoms with Crippen molar-refractivity contribution in [1.82, 2.24) is 29.1 Å². The molecule has 5 heterocycles. The molecule has 2 fully saturated rings. The number of hydrogen-bond acceptors (Lipinski definition) is 6. The summed E-state index contributed by atoms with van der Waals surface area (Å²) in [5.41, 5.74) is 1.46. The smallest absolute Gasteiger partial charge is 0.279 e. The molecule has 0 amide bonds. The summed E-state index contributed by atoms with van der Waals surface area (Å²) in [6.45, 7) is 0.762. The van der Waals surface area contributed by atoms with Crippen LogP contribution >= 0.6 is 11.6 Å². The largest absolute Gasteiger partial charge is 0.346 e. The Bertz CT molecular complexity index is 1420. The van der Waals surface area contributed by atoms with Crippen LogP contribution in [0.4, 0.5) is 5.82 Å². The van der Waals surface area contributed by atoms with Gasteiger partial charge >= 0.3 is 0 Å². The summed E-state index contributed by atoms with van der Waals surface area (Å²) in [6.07, 6.45) is 9.71. The SMILES string of the molecule is N#Cc1c[nH]c2ncnc(N3CCC[C@H]3c3nn4ccc(Cl)c4c(=O)n3C3CCC3)c12. The first kappa shape index (κ1) is 18.4. The van der Waals surface area contributed by atoms with Crippen molar-refractivity contribution >= 4 is 34.0 Å². The fraction of sp³-hybridized carbons (Fsp3) is 0.381. The zero-order valence-electron chi connectivity index (χ0n) is 16.6. The highest BCUT2D eigenvalue weighted by atomic mass is 35.5. The van der Waals surface area contributed by atoms with Gasteiger partial charge in [0.25, 0.3) is 5.56 Å². The Morgan fingerprint density at radius 3 is 2.87 bits per heavy atom. The first-order valence-electron chi connectivity index (χ1n) is 10.5. The Kier molecular flexibility index (Phi) is 4.05. The molecule has 4 aromatic rings. The molecule has 10 heteroatoms. The van der Waals surface area contributed by atoms with Crippen LogP contribution in [0.5, 0.6) is 0 Å². The fourth-order valence-electron chi connectivity index (χ4n) is 4.83. The van der Waals surface area contributed by atoms with E-state index in [2.05, 4.69) is 25.9 Å². The molecule has 0 spiro atoms. The summed E-state index contributed by atoms with van der Waals surface area (Å²) in [4.78, 5) is 27.5. The molecule has 1 aliphatic carbocycles. The molecular formula is C21H19ClN8O. The van der Waals surface area contributed by atoms with Gasteiger partial charge in [-0.25, -0.2) is 14.5 Å². The van der Waals surface area contributed by atoms with Gasteiger partial charge in [-0.2, -0.15) is 10.4 Å². The van der Waals surface area contributed by atoms with Crippen molar-refractivity contribution in [3.8, 4) is 6.07 Å². The predicted octanol–water partition coefficient (Wildman–Crippen LogP) is 3.36. The molecule has 1 atom stereocenters. The van der Waals surface area contributed by atoms with Crippen molar-refractivity contribution in [3.05, 3.63) is 51.6 Å². The van der Waals surface area contributed by atoms with Crippen molar-refractivity contribution in [3.63, 3.8) is 0 Å². The molecule has 0 unspecified atom stereocenters. The molecule has 0 radical (unpaired) electrons. The second-order valence-electron chi connectivity index (χ2n) is 8.16. The van der Waals surface area contributed by atoms with E-state index in [0.29, 0.717) is 33.0 Å². The molecule has 1 N–H and O–H groups in total. The van der Waals surface area contributed by atoms with E-state index in [1.807, 2.05) is 4.57 Å². The van der Waals surface area contributed by atoms with Crippen LogP contribution in [0.25, 0.3) is 16.6 Å². The van der Waals surface area contributed by atoms with Crippen LogP contribution in [0.15, 0.2) is 29.6 Å². The maximum atomic E-state index is 13.5. The average molecular weight is 435 g/mol. The van der Waals surface area contributed by atoms with Crippen LogP contribution in [0, 0.1) is 11.3 Å². The van der Waals surface area contributed by atoms with E-state index in [9.17, 15) is 10.1 Å². The van der Waals surface area contributed by atoms with Crippen molar-refractivity contribution in [2.24, 2.45) is 0 Å². The van der Waals surface area contributed by atoms with Crippen molar-refractivity contribution < 1.29 is 0 Å². The summed E-state index contributed by atoms with van der Waals surface area (Å²) in [5, 5.41) is 15.6. The highest BCUT2D eigenvalue weighted by molar-refractivity contribution is 6.33. The van der Waals surface area contributed by atoms with E-state index >= 15 is 0 Å². The number of H-pyrrole nitrogens is 1. The minimum absolute atomic E-state index is 0.0938. The Morgan fingerprint density at radius 2 is 2.10 bits per heavy atom. The number of aromatic nitrogens is 6. The third kappa shape index (κ3) is 2.61. The lowest BCUT2D eigenvalue weighted by atomic mass is 9.92. The van der Waals surface area contributed by atoms with Gasteiger partial charge in [-0.1, -0.05) is 11.6 Å². The molecule has 1 saturated heterocycles. The Labute approximate surface area is 181 Å². The maximum Gasteiger partial charge on any atom is 0.279 e. The average Bonchev–Trinajstić information content (AvgIpc) is 3.46. The molecule has 2 aliphatic rings. The van der Waals surface area contributed by atoms with Crippen molar-refractivity contribution in [1.29, 1.82) is 5.26 Å². The Balaban J connectivity index is 1.56. The molecule has 0 bridgehead atoms. The molecule has 1 aliphatic heterocycles. The minimum Gasteiger partial charge on any atom is -0.346 e. The van der Waals surface area contributed by atoms with Crippen molar-refractivity contribution in [2.45, 2.75) is 44.2 Å². The van der Waals surface area contributed by atoms with Crippen LogP contribution in [0.2, 0.25) is 5.02 Å². The van der Waals surface area contributed by atoms with Crippen LogP contribution in [-0.2, 0) is 0 Å². The minimum atomic E-state index is -0.126. The van der Waals surface area contributed by atoms with E-state index < -0.39 is 0 Å². The topological polar surface area (TPSA) is 108 Å². The van der Waals surface area contributed by atoms with Gasteiger partial charge < -0.3 is 9.88 Å². The number of fused-ring (bicyclic) bond motifs is 2. The third-order valence-corrected chi connectivity index (χ3v) is 6.83. The predicted molar refractivity (Wildman–Crippen MR) is 115 cm³/mol. The summed E-state index contributed by atoms with van der Waals surface area (Å²) >= 11 is 6.30. The molecule has 6 rings (SSSR count). The van der Waals surface area contributed by atoms with E-state index in [-0.39, 0.29) is 17.6 Å². The number of rotatable bonds is 3. The maximum absolute atomic E-state index is 13.5. The fourth-order valence-corrected chi connectivity index (χ4v) is 5.05. The second kappa shape index (κ2) is 6.82. The molecule has 31 heavy (non-hydrogen) atoms. The van der Waals surface area contributed by atoms with E-state index in [0.717, 1.165) is 44.5 Å². The third-order valence-electron chi connectivity index (χ3n) is 6.53. The lowest BCUT2D eigenvalue weighted by Gasteiger charge is -2.33. The number of nitriles is 1. The molecular weight excluding hydrogens is 416 g/mol. The molecule has 0 aromatic carbocycles. The van der Waals surface area contributed by atoms with E-state index in [4.69, 9.17) is 16.7 Å². The zero-order valence-corrected chi connectivity index (χ0v) is 17.4. The number of hydrogen-bond donors (Lipinski definition) is 1. The highest BCUT2D eigenvalue weighted by Gasteiger charge is 2.36. The van der Waals surface area contributed by atoms with E-state index in [1.54, 1.807) is 23.0 Å². The standard InChI is InChI=1S/C21H19ClN8O/c22-14-6-8-29-17(14)21(31)30(13-3-1-4-13)19(27-29)15-5-2-7-28(15)20-16-12(9-23)10-24-18(16)25-11-26-20/h6,8,10-11,13,15H,1-5,7H2,(H,24,25,26)/t15-/m0/s1. The summed E-state index contributed by atoms with van der Waals surface area (Å²) < 4.78 is 3.45. The van der Waals surface area contributed by atoms with Gasteiger partial charge in [0, 0.05) is 25.0 Å². The van der Waals surface area contributed by atoms with Gasteiger partial charge in [0.1, 0.15) is 29.4 Å². The lowest BCUT2D eigenvalue weighted by molar-refractivity contribution is 0.288. The second-order valence-corrected chi connectivity index (χ2v) is 8.57. The van der Waals surface area contributed by atoms with Gasteiger partial charge in [0.2, 0.25) is 0 Å². The number of nitrogens with one attached hydrogen (secondary N) is 1. The summed E-state index contributed by atoms with van der Waals surface area (Å²) in [5.74, 6) is 1.43. The Morgan fingerprint density at radius 1 is 1.23 bits per heavy atom. The van der Waals surface area contributed by atoms with Gasteiger partial charge in [-0.05, 0) is 38.2 Å². The summed E-state index contributed by atoms with van der Waals surface area (Å²) in [7, 11) is 0. The lowest BCUT2D eigenvalue weighted by Crippen LogP contribution is -2.38. The number of aromatic amines is 1. The number of halogens is 1. The summed E-state index contributed by atoms with van der Waals surface area (Å²) in [6, 6.07) is 3.95. The van der Waals surface area contributed by atoms with Crippen LogP contribution in [0.1, 0.15) is 55.6 Å². The van der Waals surface area contributed by atoms with Gasteiger partial charge in [0.05, 0.1) is 22.0 Å². The normalized spacial score (nSPS) is 19.2. The van der Waals surface area contributed by atoms with Crippen LogP contribution in [0.3, 0.4) is 0 Å². The Hall–Kier alpha value is -3.38. The molecule has 1 saturated carbocycles. The highest BCUT2D eigenvalue weighted by Crippen LogP contribution is 2.40. The van der Waals surface area contributed by atoms with Gasteiger partial charge in [0.15, 0.2) is 5.82 Å². The van der Waals surface area contributed by atoms with Gasteiger partial charge in [-0.3, -0.25) is 9.36 Å².